The van der Waals surface area contributed by atoms with Crippen LogP contribution >= 0.6 is 11.6 Å². The molecule has 1 atom stereocenters. The van der Waals surface area contributed by atoms with E-state index in [1.165, 1.54) is 6.07 Å². The normalized spacial score (nSPS) is 17.5. The number of hydrogen-bond acceptors (Lipinski definition) is 1. The molecule has 0 N–H and O–H groups in total. The number of rotatable bonds is 2. The summed E-state index contributed by atoms with van der Waals surface area (Å²) < 4.78 is 12.9. The number of nitriles is 1. The monoisotopic (exact) mass is 209 g/mol. The van der Waals surface area contributed by atoms with E-state index in [1.807, 2.05) is 0 Å². The molecular formula is C11H9ClFN. The zero-order valence-corrected chi connectivity index (χ0v) is 8.26. The smallest absolute Gasteiger partial charge is 0.141 e. The average molecular weight is 210 g/mol. The van der Waals surface area contributed by atoms with E-state index in [2.05, 4.69) is 6.07 Å². The summed E-state index contributed by atoms with van der Waals surface area (Å²) in [6, 6.07) is 6.77. The van der Waals surface area contributed by atoms with Crippen molar-refractivity contribution >= 4 is 11.6 Å². The van der Waals surface area contributed by atoms with Gasteiger partial charge < -0.3 is 0 Å². The summed E-state index contributed by atoms with van der Waals surface area (Å²) in [5.41, 5.74) is 0.835. The fourth-order valence-corrected chi connectivity index (χ4v) is 1.78. The molecule has 0 aromatic heterocycles. The Hall–Kier alpha value is -1.07. The first-order valence-electron chi connectivity index (χ1n) is 4.57. The molecule has 2 rings (SSSR count). The Bertz CT molecular complexity index is 393. The second kappa shape index (κ2) is 3.59. The summed E-state index contributed by atoms with van der Waals surface area (Å²) in [4.78, 5) is 0. The molecule has 1 aromatic rings. The molecule has 3 heteroatoms. The van der Waals surface area contributed by atoms with Gasteiger partial charge in [0, 0.05) is 0 Å². The first kappa shape index (κ1) is 9.48. The van der Waals surface area contributed by atoms with E-state index < -0.39 is 5.82 Å². The van der Waals surface area contributed by atoms with Gasteiger partial charge in [-0.25, -0.2) is 4.39 Å². The Morgan fingerprint density at radius 3 is 2.71 bits per heavy atom. The van der Waals surface area contributed by atoms with Gasteiger partial charge in [0.1, 0.15) is 5.82 Å². The largest absolute Gasteiger partial charge is 0.205 e. The molecule has 1 unspecified atom stereocenters. The van der Waals surface area contributed by atoms with Crippen LogP contribution in [-0.2, 0) is 0 Å². The van der Waals surface area contributed by atoms with E-state index in [4.69, 9.17) is 16.9 Å². The summed E-state index contributed by atoms with van der Waals surface area (Å²) in [6.45, 7) is 0. The van der Waals surface area contributed by atoms with Crippen LogP contribution in [0.15, 0.2) is 18.2 Å². The second-order valence-corrected chi connectivity index (χ2v) is 4.02. The number of hydrogen-bond donors (Lipinski definition) is 0. The molecule has 1 aliphatic rings. The maximum absolute atomic E-state index is 12.9. The van der Waals surface area contributed by atoms with Crippen molar-refractivity contribution in [3.63, 3.8) is 0 Å². The van der Waals surface area contributed by atoms with Gasteiger partial charge in [-0.3, -0.25) is 0 Å². The van der Waals surface area contributed by atoms with Crippen LogP contribution in [0.1, 0.15) is 24.3 Å². The molecule has 1 fully saturated rings. The molecule has 14 heavy (non-hydrogen) atoms. The second-order valence-electron chi connectivity index (χ2n) is 3.62. The minimum Gasteiger partial charge on any atom is -0.205 e. The lowest BCUT2D eigenvalue weighted by molar-refractivity contribution is 0.625. The van der Waals surface area contributed by atoms with Gasteiger partial charge in [0.25, 0.3) is 0 Å². The summed E-state index contributed by atoms with van der Waals surface area (Å²) in [5, 5.41) is 9.06. The van der Waals surface area contributed by atoms with Crippen molar-refractivity contribution in [2.75, 3.05) is 0 Å². The molecule has 1 nitrogen and oxygen atoms in total. The van der Waals surface area contributed by atoms with E-state index in [0.717, 1.165) is 18.4 Å². The van der Waals surface area contributed by atoms with Gasteiger partial charge in [0.2, 0.25) is 0 Å². The predicted octanol–water partition coefficient (Wildman–Crippen LogP) is 3.50. The summed E-state index contributed by atoms with van der Waals surface area (Å²) in [6.07, 6.45) is 2.18. The Kier molecular flexibility index (Phi) is 2.43. The molecule has 0 amide bonds. The third-order valence-electron chi connectivity index (χ3n) is 2.54. The Labute approximate surface area is 87.1 Å². The van der Waals surface area contributed by atoms with E-state index >= 15 is 0 Å². The lowest BCUT2D eigenvalue weighted by atomic mass is 9.96. The standard InChI is InChI=1S/C11H9ClFN/c12-10-5-8(3-4-11(10)13)9(6-14)7-1-2-7/h3-5,7,9H,1-2H2. The average Bonchev–Trinajstić information content (AvgIpc) is 2.96. The lowest BCUT2D eigenvalue weighted by Gasteiger charge is -2.07. The molecular weight excluding hydrogens is 201 g/mol. The zero-order chi connectivity index (χ0) is 10.1. The van der Waals surface area contributed by atoms with Crippen LogP contribution < -0.4 is 0 Å². The van der Waals surface area contributed by atoms with Crippen LogP contribution in [0.3, 0.4) is 0 Å². The highest BCUT2D eigenvalue weighted by Crippen LogP contribution is 2.42. The molecule has 0 aliphatic heterocycles. The quantitative estimate of drug-likeness (QED) is 0.732. The highest BCUT2D eigenvalue weighted by Gasteiger charge is 2.32. The van der Waals surface area contributed by atoms with Crippen molar-refractivity contribution < 1.29 is 4.39 Å². The van der Waals surface area contributed by atoms with E-state index in [0.29, 0.717) is 5.92 Å². The number of nitrogens with zero attached hydrogens (tertiary/aromatic N) is 1. The first-order chi connectivity index (χ1) is 6.72. The van der Waals surface area contributed by atoms with E-state index in [9.17, 15) is 4.39 Å². The first-order valence-corrected chi connectivity index (χ1v) is 4.94. The van der Waals surface area contributed by atoms with Gasteiger partial charge in [-0.1, -0.05) is 17.7 Å². The van der Waals surface area contributed by atoms with Gasteiger partial charge in [0.05, 0.1) is 17.0 Å². The fourth-order valence-electron chi connectivity index (χ4n) is 1.59. The summed E-state index contributed by atoms with van der Waals surface area (Å²) in [7, 11) is 0. The van der Waals surface area contributed by atoms with Crippen molar-refractivity contribution in [2.24, 2.45) is 5.92 Å². The van der Waals surface area contributed by atoms with Gasteiger partial charge in [0.15, 0.2) is 0 Å². The SMILES string of the molecule is N#CC(c1ccc(F)c(Cl)c1)C1CC1. The molecule has 0 saturated heterocycles. The Balaban J connectivity index is 2.31. The van der Waals surface area contributed by atoms with Crippen LogP contribution in [0, 0.1) is 23.1 Å². The summed E-state index contributed by atoms with van der Waals surface area (Å²) >= 11 is 5.66. The van der Waals surface area contributed by atoms with Crippen molar-refractivity contribution in [3.05, 3.63) is 34.6 Å². The molecule has 0 bridgehead atoms. The van der Waals surface area contributed by atoms with Crippen LogP contribution in [-0.4, -0.2) is 0 Å². The van der Waals surface area contributed by atoms with Crippen molar-refractivity contribution in [1.82, 2.24) is 0 Å². The van der Waals surface area contributed by atoms with E-state index in [-0.39, 0.29) is 10.9 Å². The molecule has 0 radical (unpaired) electrons. The van der Waals surface area contributed by atoms with Crippen LogP contribution in [0.2, 0.25) is 5.02 Å². The van der Waals surface area contributed by atoms with Gasteiger partial charge in [-0.15, -0.1) is 0 Å². The minimum atomic E-state index is -0.428. The summed E-state index contributed by atoms with van der Waals surface area (Å²) in [5.74, 6) is -0.0995. The topological polar surface area (TPSA) is 23.8 Å². The van der Waals surface area contributed by atoms with Crippen molar-refractivity contribution in [3.8, 4) is 6.07 Å². The third-order valence-corrected chi connectivity index (χ3v) is 2.82. The molecule has 1 saturated carbocycles. The minimum absolute atomic E-state index is 0.100. The number of benzene rings is 1. The Morgan fingerprint density at radius 1 is 1.50 bits per heavy atom. The fraction of sp³-hybridized carbons (Fsp3) is 0.364. The van der Waals surface area contributed by atoms with Crippen LogP contribution in [0.25, 0.3) is 0 Å². The highest BCUT2D eigenvalue weighted by molar-refractivity contribution is 6.30. The van der Waals surface area contributed by atoms with Crippen molar-refractivity contribution in [2.45, 2.75) is 18.8 Å². The highest BCUT2D eigenvalue weighted by atomic mass is 35.5. The van der Waals surface area contributed by atoms with Gasteiger partial charge >= 0.3 is 0 Å². The predicted molar refractivity (Wildman–Crippen MR) is 52.5 cm³/mol. The third kappa shape index (κ3) is 1.73. The molecule has 1 aromatic carbocycles. The maximum atomic E-state index is 12.9. The molecule has 0 heterocycles. The van der Waals surface area contributed by atoms with E-state index in [1.54, 1.807) is 12.1 Å². The maximum Gasteiger partial charge on any atom is 0.141 e. The van der Waals surface area contributed by atoms with Crippen LogP contribution in [0.5, 0.6) is 0 Å². The molecule has 1 aliphatic carbocycles. The Morgan fingerprint density at radius 2 is 2.21 bits per heavy atom. The van der Waals surface area contributed by atoms with Gasteiger partial charge in [-0.2, -0.15) is 5.26 Å². The zero-order valence-electron chi connectivity index (χ0n) is 7.50. The van der Waals surface area contributed by atoms with Crippen LogP contribution in [0.4, 0.5) is 4.39 Å². The number of halogens is 2. The lowest BCUT2D eigenvalue weighted by Crippen LogP contribution is -1.98. The molecule has 0 spiro atoms. The molecule has 72 valence electrons. The van der Waals surface area contributed by atoms with Gasteiger partial charge in [-0.05, 0) is 36.5 Å². The van der Waals surface area contributed by atoms with Crippen molar-refractivity contribution in [1.29, 1.82) is 5.26 Å².